The van der Waals surface area contributed by atoms with Gasteiger partial charge in [-0.25, -0.2) is 4.98 Å². The van der Waals surface area contributed by atoms with Gasteiger partial charge in [0.1, 0.15) is 10.9 Å². The first-order chi connectivity index (χ1) is 24.3. The second-order valence-corrected chi connectivity index (χ2v) is 14.0. The molecule has 3 atom stereocenters. The van der Waals surface area contributed by atoms with Crippen molar-refractivity contribution < 1.29 is 24.0 Å². The van der Waals surface area contributed by atoms with E-state index in [-0.39, 0.29) is 47.5 Å². The Morgan fingerprint density at radius 2 is 1.43 bits per heavy atom. The molecule has 3 aromatic rings. The third-order valence-corrected chi connectivity index (χ3v) is 9.09. The minimum atomic E-state index is -0.464. The van der Waals surface area contributed by atoms with Crippen molar-refractivity contribution in [2.75, 3.05) is 39.0 Å². The Bertz CT molecular complexity index is 1540. The van der Waals surface area contributed by atoms with E-state index >= 15 is 0 Å². The Kier molecular flexibility index (Phi) is 17.9. The van der Waals surface area contributed by atoms with Crippen LogP contribution in [0.15, 0.2) is 60.7 Å². The van der Waals surface area contributed by atoms with Crippen LogP contribution in [0.3, 0.4) is 0 Å². The molecule has 4 rings (SSSR count). The van der Waals surface area contributed by atoms with Crippen LogP contribution in [0.5, 0.6) is 0 Å². The molecule has 0 bridgehead atoms. The highest BCUT2D eigenvalue weighted by molar-refractivity contribution is 7.18. The number of benzene rings is 2. The number of amides is 5. The number of likely N-dealkylation sites (tertiary alicyclic amines) is 1. The van der Waals surface area contributed by atoms with E-state index in [2.05, 4.69) is 37.3 Å². The van der Waals surface area contributed by atoms with E-state index < -0.39 is 6.04 Å². The molecule has 1 aromatic heterocycles. The molecule has 1 aliphatic rings. The van der Waals surface area contributed by atoms with Gasteiger partial charge in [-0.15, -0.1) is 0 Å². The summed E-state index contributed by atoms with van der Waals surface area (Å²) in [6, 6.07) is 18.4. The molecule has 13 nitrogen and oxygen atoms in total. The minimum absolute atomic E-state index is 0.0432. The highest BCUT2D eigenvalue weighted by atomic mass is 32.1. The fourth-order valence-electron chi connectivity index (χ4n) is 4.88. The maximum atomic E-state index is 12.9. The highest BCUT2D eigenvalue weighted by Crippen LogP contribution is 2.31. The molecule has 5 amide bonds. The lowest BCUT2D eigenvalue weighted by Gasteiger charge is -2.34. The van der Waals surface area contributed by atoms with E-state index in [0.717, 1.165) is 43.5 Å². The zero-order valence-electron chi connectivity index (χ0n) is 30.7. The molecule has 0 spiro atoms. The molecule has 14 heteroatoms. The molecule has 0 saturated carbocycles. The van der Waals surface area contributed by atoms with Crippen molar-refractivity contribution in [1.29, 1.82) is 0 Å². The number of carbonyl (C=O) groups is 5. The molecule has 1 aliphatic heterocycles. The average Bonchev–Trinajstić information content (AvgIpc) is 3.82. The SMILES string of the molecule is CNC(C)C(=O)N[C@H](C(=O)N1CCCC1)C(C)(C)C.CNC(C)C(=O)Nc1nc(-c2ccccc2)c(C(=O)NCCc2ccccc2)s1.NC=O. The average molecular weight is 723 g/mol. The highest BCUT2D eigenvalue weighted by Gasteiger charge is 2.37. The Balaban J connectivity index is 0.000000354. The largest absolute Gasteiger partial charge is 0.372 e. The Morgan fingerprint density at radius 1 is 0.902 bits per heavy atom. The van der Waals surface area contributed by atoms with Gasteiger partial charge < -0.3 is 37.2 Å². The van der Waals surface area contributed by atoms with Crippen molar-refractivity contribution in [2.24, 2.45) is 11.1 Å². The van der Waals surface area contributed by atoms with E-state index in [1.807, 2.05) is 86.3 Å². The lowest BCUT2D eigenvalue weighted by atomic mass is 9.85. The molecule has 2 aromatic carbocycles. The topological polar surface area (TPSA) is 188 Å². The van der Waals surface area contributed by atoms with E-state index in [1.165, 1.54) is 11.3 Å². The second kappa shape index (κ2) is 21.5. The summed E-state index contributed by atoms with van der Waals surface area (Å²) in [5.41, 5.74) is 6.44. The third kappa shape index (κ3) is 13.9. The van der Waals surface area contributed by atoms with E-state index in [1.54, 1.807) is 27.9 Å². The maximum absolute atomic E-state index is 12.9. The van der Waals surface area contributed by atoms with Crippen LogP contribution in [0.25, 0.3) is 11.3 Å². The monoisotopic (exact) mass is 722 g/mol. The molecule has 1 fully saturated rings. The predicted molar refractivity (Wildman–Crippen MR) is 203 cm³/mol. The molecular weight excluding hydrogens is 669 g/mol. The smallest absolute Gasteiger partial charge is 0.263 e. The van der Waals surface area contributed by atoms with E-state index in [9.17, 15) is 19.2 Å². The van der Waals surface area contributed by atoms with Crippen LogP contribution < -0.4 is 32.3 Å². The fraction of sp³-hybridized carbons (Fsp3) is 0.459. The van der Waals surface area contributed by atoms with Crippen LogP contribution in [0, 0.1) is 5.41 Å². The maximum Gasteiger partial charge on any atom is 0.263 e. The summed E-state index contributed by atoms with van der Waals surface area (Å²) >= 11 is 1.18. The van der Waals surface area contributed by atoms with Gasteiger partial charge in [0.15, 0.2) is 5.13 Å². The normalized spacial score (nSPS) is 14.0. The number of thiazole rings is 1. The van der Waals surface area contributed by atoms with Crippen molar-refractivity contribution in [3.8, 4) is 11.3 Å². The first-order valence-electron chi connectivity index (χ1n) is 17.1. The molecule has 0 aliphatic carbocycles. The number of rotatable bonds is 12. The third-order valence-electron chi connectivity index (χ3n) is 8.12. The number of carbonyl (C=O) groups excluding carboxylic acids is 5. The number of primary amides is 1. The number of nitrogens with one attached hydrogen (secondary N) is 5. The van der Waals surface area contributed by atoms with Gasteiger partial charge in [0.05, 0.1) is 17.8 Å². The molecule has 2 heterocycles. The summed E-state index contributed by atoms with van der Waals surface area (Å²) in [5, 5.41) is 14.8. The summed E-state index contributed by atoms with van der Waals surface area (Å²) in [6.45, 7) is 11.6. The van der Waals surface area contributed by atoms with Crippen LogP contribution in [-0.4, -0.2) is 91.8 Å². The van der Waals surface area contributed by atoms with Crippen molar-refractivity contribution in [3.63, 3.8) is 0 Å². The van der Waals surface area contributed by atoms with Crippen LogP contribution in [0.4, 0.5) is 5.13 Å². The summed E-state index contributed by atoms with van der Waals surface area (Å²) in [7, 11) is 3.45. The Labute approximate surface area is 305 Å². The molecular formula is C37H54N8O5S. The van der Waals surface area contributed by atoms with Crippen LogP contribution in [0.1, 0.15) is 62.7 Å². The molecule has 2 unspecified atom stereocenters. The quantitative estimate of drug-likeness (QED) is 0.154. The van der Waals surface area contributed by atoms with Crippen molar-refractivity contribution in [1.82, 2.24) is 31.2 Å². The van der Waals surface area contributed by atoms with E-state index in [4.69, 9.17) is 4.79 Å². The zero-order valence-corrected chi connectivity index (χ0v) is 31.6. The van der Waals surface area contributed by atoms with Gasteiger partial charge in [0.25, 0.3) is 5.91 Å². The molecule has 7 N–H and O–H groups in total. The first kappa shape index (κ1) is 42.5. The van der Waals surface area contributed by atoms with Crippen molar-refractivity contribution in [2.45, 2.75) is 72.0 Å². The van der Waals surface area contributed by atoms with Crippen LogP contribution >= 0.6 is 11.3 Å². The molecule has 51 heavy (non-hydrogen) atoms. The number of anilines is 1. The molecule has 1 saturated heterocycles. The van der Waals surface area contributed by atoms with Gasteiger partial charge in [-0.1, -0.05) is 92.8 Å². The molecule has 278 valence electrons. The van der Waals surface area contributed by atoms with Crippen LogP contribution in [-0.2, 0) is 25.6 Å². The van der Waals surface area contributed by atoms with Gasteiger partial charge in [-0.2, -0.15) is 0 Å². The zero-order chi connectivity index (χ0) is 38.0. The summed E-state index contributed by atoms with van der Waals surface area (Å²) in [5.74, 6) is -0.479. The van der Waals surface area contributed by atoms with Gasteiger partial charge in [0, 0.05) is 25.2 Å². The summed E-state index contributed by atoms with van der Waals surface area (Å²) in [4.78, 5) is 65.0. The van der Waals surface area contributed by atoms with Crippen molar-refractivity contribution in [3.05, 3.63) is 71.1 Å². The van der Waals surface area contributed by atoms with Crippen LogP contribution in [0.2, 0.25) is 0 Å². The Hall–Kier alpha value is -4.66. The summed E-state index contributed by atoms with van der Waals surface area (Å²) < 4.78 is 0. The first-order valence-corrected chi connectivity index (χ1v) is 17.9. The summed E-state index contributed by atoms with van der Waals surface area (Å²) in [6.07, 6.45) is 3.11. The minimum Gasteiger partial charge on any atom is -0.372 e. The van der Waals surface area contributed by atoms with Gasteiger partial charge in [-0.05, 0) is 58.2 Å². The van der Waals surface area contributed by atoms with Gasteiger partial charge in [-0.3, -0.25) is 24.0 Å². The number of hydrogen-bond acceptors (Lipinski definition) is 9. The van der Waals surface area contributed by atoms with E-state index in [0.29, 0.717) is 22.2 Å². The lowest BCUT2D eigenvalue weighted by molar-refractivity contribution is -0.139. The number of likely N-dealkylation sites (N-methyl/N-ethyl adjacent to an activating group) is 2. The van der Waals surface area contributed by atoms with Gasteiger partial charge >= 0.3 is 0 Å². The van der Waals surface area contributed by atoms with Gasteiger partial charge in [0.2, 0.25) is 24.1 Å². The number of hydrogen-bond donors (Lipinski definition) is 6. The second-order valence-electron chi connectivity index (χ2n) is 13.0. The number of aromatic nitrogens is 1. The Morgan fingerprint density at radius 3 is 1.96 bits per heavy atom. The van der Waals surface area contributed by atoms with Crippen molar-refractivity contribution >= 4 is 46.5 Å². The predicted octanol–water partition coefficient (Wildman–Crippen LogP) is 3.18. The molecule has 0 radical (unpaired) electrons. The number of nitrogens with zero attached hydrogens (tertiary/aromatic N) is 2. The fourth-order valence-corrected chi connectivity index (χ4v) is 5.78. The number of nitrogens with two attached hydrogens (primary N) is 1. The standard InChI is InChI=1S/C22H24N4O2S.C14H27N3O2.CH3NO/c1-15(23-2)20(27)26-22-25-18(17-11-7-4-8-12-17)19(29-22)21(28)24-14-13-16-9-5-3-6-10-16;1-10(15-5)12(18)16-11(14(2,3)4)13(19)17-8-6-7-9-17;2-1-3/h3-12,15,23H,13-14H2,1-2H3,(H,24,28)(H,25,26,27);10-11,15H,6-9H2,1-5H3,(H,16,18);1H,(H2,2,3)/t;10?,11-;/m.1./s1. The lowest BCUT2D eigenvalue weighted by Crippen LogP contribution is -2.57.